The number of carbonyl (C=O) groups is 1. The van der Waals surface area contributed by atoms with Crippen LogP contribution in [0, 0.1) is 0 Å². The molecule has 126 valence electrons. The first-order chi connectivity index (χ1) is 11.8. The fourth-order valence-electron chi connectivity index (χ4n) is 2.70. The lowest BCUT2D eigenvalue weighted by molar-refractivity contribution is -0.144. The van der Waals surface area contributed by atoms with Gasteiger partial charge in [0, 0.05) is 18.0 Å². The number of thioether (sulfide) groups is 1. The molecule has 4 nitrogen and oxygen atoms in total. The molecular weight excluding hydrogens is 322 g/mol. The summed E-state index contributed by atoms with van der Waals surface area (Å²) in [6, 6.07) is 19.6. The van der Waals surface area contributed by atoms with E-state index < -0.39 is 6.10 Å². The lowest BCUT2D eigenvalue weighted by Crippen LogP contribution is -2.47. The van der Waals surface area contributed by atoms with Crippen LogP contribution in [0.2, 0.25) is 0 Å². The van der Waals surface area contributed by atoms with Gasteiger partial charge in [0.15, 0.2) is 0 Å². The van der Waals surface area contributed by atoms with Gasteiger partial charge in [-0.15, -0.1) is 11.8 Å². The molecule has 3 rings (SSSR count). The zero-order chi connectivity index (χ0) is 16.8. The predicted molar refractivity (Wildman–Crippen MR) is 94.9 cm³/mol. The molecule has 0 radical (unpaired) electrons. The molecule has 0 aromatic heterocycles. The molecule has 24 heavy (non-hydrogen) atoms. The lowest BCUT2D eigenvalue weighted by Gasteiger charge is -2.31. The highest BCUT2D eigenvalue weighted by Gasteiger charge is 2.32. The summed E-state index contributed by atoms with van der Waals surface area (Å²) in [4.78, 5) is 15.4. The fraction of sp³-hybridized carbons (Fsp3) is 0.316. The number of benzene rings is 2. The molecule has 1 heterocycles. The normalized spacial score (nSPS) is 17.3. The molecule has 0 aliphatic carbocycles. The molecule has 0 unspecified atom stereocenters. The van der Waals surface area contributed by atoms with Gasteiger partial charge in [-0.2, -0.15) is 0 Å². The Morgan fingerprint density at radius 2 is 1.58 bits per heavy atom. The Hall–Kier alpha value is -1.82. The van der Waals surface area contributed by atoms with Gasteiger partial charge in [-0.25, -0.2) is 0 Å². The lowest BCUT2D eigenvalue weighted by atomic mass is 10.1. The Morgan fingerprint density at radius 1 is 1.00 bits per heavy atom. The van der Waals surface area contributed by atoms with Crippen LogP contribution in [0.4, 0.5) is 0 Å². The summed E-state index contributed by atoms with van der Waals surface area (Å²) in [5, 5.41) is 10.4. The molecule has 0 saturated carbocycles. The summed E-state index contributed by atoms with van der Waals surface area (Å²) in [6.07, 6.45) is -1.09. The van der Waals surface area contributed by atoms with Crippen LogP contribution in [0.25, 0.3) is 0 Å². The SMILES string of the molecule is O=C([C@H](O)[C@H](Sc1ccccc1)c1ccccc1)N1CCOCC1. The average molecular weight is 343 g/mol. The van der Waals surface area contributed by atoms with Crippen molar-refractivity contribution in [1.82, 2.24) is 4.90 Å². The number of aliphatic hydroxyl groups excluding tert-OH is 1. The number of morpholine rings is 1. The van der Waals surface area contributed by atoms with Crippen molar-refractivity contribution in [1.29, 1.82) is 0 Å². The van der Waals surface area contributed by atoms with E-state index in [0.717, 1.165) is 10.5 Å². The van der Waals surface area contributed by atoms with Crippen molar-refractivity contribution in [2.45, 2.75) is 16.2 Å². The summed E-state index contributed by atoms with van der Waals surface area (Å²) in [6.45, 7) is 2.13. The van der Waals surface area contributed by atoms with Gasteiger partial charge in [0.2, 0.25) is 0 Å². The van der Waals surface area contributed by atoms with E-state index in [9.17, 15) is 9.90 Å². The van der Waals surface area contributed by atoms with Gasteiger partial charge in [-0.3, -0.25) is 4.79 Å². The van der Waals surface area contributed by atoms with Gasteiger partial charge in [-0.05, 0) is 17.7 Å². The Morgan fingerprint density at radius 3 is 2.21 bits per heavy atom. The number of carbonyl (C=O) groups excluding carboxylic acids is 1. The zero-order valence-corrected chi connectivity index (χ0v) is 14.2. The highest BCUT2D eigenvalue weighted by atomic mass is 32.2. The molecule has 2 aromatic carbocycles. The maximum Gasteiger partial charge on any atom is 0.253 e. The summed E-state index contributed by atoms with van der Waals surface area (Å²) in [5.41, 5.74) is 0.945. The third-order valence-electron chi connectivity index (χ3n) is 4.00. The van der Waals surface area contributed by atoms with Crippen LogP contribution in [0.3, 0.4) is 0 Å². The molecule has 0 spiro atoms. The van der Waals surface area contributed by atoms with Crippen molar-refractivity contribution in [3.05, 3.63) is 66.2 Å². The van der Waals surface area contributed by atoms with Gasteiger partial charge in [0.25, 0.3) is 5.91 Å². The topological polar surface area (TPSA) is 49.8 Å². The molecule has 1 N–H and O–H groups in total. The average Bonchev–Trinajstić information content (AvgIpc) is 2.67. The summed E-state index contributed by atoms with van der Waals surface area (Å²) in [7, 11) is 0. The third-order valence-corrected chi connectivity index (χ3v) is 5.33. The minimum absolute atomic E-state index is 0.226. The standard InChI is InChI=1S/C19H21NO3S/c21-17(19(22)20-11-13-23-14-12-20)18(15-7-3-1-4-8-15)24-16-9-5-2-6-10-16/h1-10,17-18,21H,11-14H2/t17-,18-/m1/s1. The van der Waals surface area contributed by atoms with Gasteiger partial charge < -0.3 is 14.7 Å². The first-order valence-electron chi connectivity index (χ1n) is 8.07. The number of ether oxygens (including phenoxy) is 1. The number of amides is 1. The second-order valence-corrected chi connectivity index (χ2v) is 6.86. The predicted octanol–water partition coefficient (Wildman–Crippen LogP) is 2.74. The van der Waals surface area contributed by atoms with Crippen molar-refractivity contribution in [2.75, 3.05) is 26.3 Å². The molecule has 1 fully saturated rings. The smallest absolute Gasteiger partial charge is 0.253 e. The van der Waals surface area contributed by atoms with E-state index in [0.29, 0.717) is 26.3 Å². The summed E-state index contributed by atoms with van der Waals surface area (Å²) in [5.74, 6) is -0.226. The molecule has 0 bridgehead atoms. The van der Waals surface area contributed by atoms with E-state index in [2.05, 4.69) is 0 Å². The van der Waals surface area contributed by atoms with Crippen molar-refractivity contribution in [2.24, 2.45) is 0 Å². The van der Waals surface area contributed by atoms with Crippen molar-refractivity contribution < 1.29 is 14.6 Å². The third kappa shape index (κ3) is 4.17. The van der Waals surface area contributed by atoms with Crippen LogP contribution in [0.15, 0.2) is 65.6 Å². The Kier molecular flexibility index (Phi) is 5.91. The minimum atomic E-state index is -1.09. The van der Waals surface area contributed by atoms with E-state index in [1.807, 2.05) is 60.7 Å². The number of nitrogens with zero attached hydrogens (tertiary/aromatic N) is 1. The quantitative estimate of drug-likeness (QED) is 0.848. The zero-order valence-electron chi connectivity index (χ0n) is 13.4. The molecule has 5 heteroatoms. The van der Waals surface area contributed by atoms with Gasteiger partial charge in [0.1, 0.15) is 6.10 Å². The van der Waals surface area contributed by atoms with E-state index in [-0.39, 0.29) is 11.2 Å². The summed E-state index contributed by atoms with van der Waals surface area (Å²) < 4.78 is 5.29. The Labute approximate surface area is 146 Å². The minimum Gasteiger partial charge on any atom is -0.382 e. The number of hydrogen-bond donors (Lipinski definition) is 1. The Bertz CT molecular complexity index is 644. The molecule has 1 saturated heterocycles. The summed E-state index contributed by atoms with van der Waals surface area (Å²) >= 11 is 1.51. The molecule has 1 aliphatic rings. The number of aliphatic hydroxyl groups is 1. The molecule has 2 atom stereocenters. The van der Waals surface area contributed by atoms with Gasteiger partial charge in [-0.1, -0.05) is 48.5 Å². The molecule has 2 aromatic rings. The maximum atomic E-state index is 12.7. The van der Waals surface area contributed by atoms with Gasteiger partial charge >= 0.3 is 0 Å². The van der Waals surface area contributed by atoms with Crippen molar-refractivity contribution in [3.8, 4) is 0 Å². The maximum absolute atomic E-state index is 12.7. The molecule has 1 aliphatic heterocycles. The van der Waals surface area contributed by atoms with Crippen LogP contribution in [0.1, 0.15) is 10.8 Å². The van der Waals surface area contributed by atoms with Crippen LogP contribution in [0.5, 0.6) is 0 Å². The van der Waals surface area contributed by atoms with E-state index >= 15 is 0 Å². The second kappa shape index (κ2) is 8.33. The van der Waals surface area contributed by atoms with Crippen LogP contribution < -0.4 is 0 Å². The Balaban J connectivity index is 1.82. The van der Waals surface area contributed by atoms with E-state index in [1.165, 1.54) is 11.8 Å². The number of rotatable bonds is 5. The van der Waals surface area contributed by atoms with Crippen LogP contribution >= 0.6 is 11.8 Å². The first-order valence-corrected chi connectivity index (χ1v) is 8.95. The van der Waals surface area contributed by atoms with Crippen LogP contribution in [-0.2, 0) is 9.53 Å². The van der Waals surface area contributed by atoms with Crippen molar-refractivity contribution >= 4 is 17.7 Å². The highest BCUT2D eigenvalue weighted by Crippen LogP contribution is 2.38. The monoisotopic (exact) mass is 343 g/mol. The fourth-order valence-corrected chi connectivity index (χ4v) is 3.85. The molecular formula is C19H21NO3S. The first kappa shape index (κ1) is 17.0. The second-order valence-electron chi connectivity index (χ2n) is 5.64. The largest absolute Gasteiger partial charge is 0.382 e. The van der Waals surface area contributed by atoms with E-state index in [4.69, 9.17) is 4.74 Å². The van der Waals surface area contributed by atoms with Crippen LogP contribution in [-0.4, -0.2) is 48.3 Å². The van der Waals surface area contributed by atoms with Crippen molar-refractivity contribution in [3.63, 3.8) is 0 Å². The van der Waals surface area contributed by atoms with E-state index in [1.54, 1.807) is 4.90 Å². The highest BCUT2D eigenvalue weighted by molar-refractivity contribution is 7.99. The molecule has 1 amide bonds. The number of hydrogen-bond acceptors (Lipinski definition) is 4. The van der Waals surface area contributed by atoms with Gasteiger partial charge in [0.05, 0.1) is 18.5 Å².